The first-order valence-electron chi connectivity index (χ1n) is 7.29. The highest BCUT2D eigenvalue weighted by molar-refractivity contribution is 9.10. The molecular weight excluding hydrogens is 338 g/mol. The lowest BCUT2D eigenvalue weighted by Gasteiger charge is -2.20. The van der Waals surface area contributed by atoms with Gasteiger partial charge in [-0.1, -0.05) is 41.8 Å². The van der Waals surface area contributed by atoms with Crippen LogP contribution in [0.15, 0.2) is 33.6 Å². The average Bonchev–Trinajstić information content (AvgIpc) is 2.65. The van der Waals surface area contributed by atoms with Crippen LogP contribution in [0, 0.1) is 5.92 Å². The van der Waals surface area contributed by atoms with Crippen molar-refractivity contribution in [3.8, 4) is 0 Å². The van der Waals surface area contributed by atoms with Crippen molar-refractivity contribution in [2.75, 3.05) is 13.1 Å². The van der Waals surface area contributed by atoms with E-state index in [-0.39, 0.29) is 0 Å². The zero-order valence-corrected chi connectivity index (χ0v) is 14.3. The van der Waals surface area contributed by atoms with E-state index in [0.29, 0.717) is 23.9 Å². The Morgan fingerprint density at radius 1 is 1.30 bits per heavy atom. The maximum absolute atomic E-state index is 12.7. The average molecular weight is 360 g/mol. The Bertz CT molecular complexity index is 545. The molecule has 1 aromatic rings. The van der Waals surface area contributed by atoms with E-state index in [2.05, 4.69) is 22.9 Å². The zero-order chi connectivity index (χ0) is 14.6. The molecule has 1 fully saturated rings. The largest absolute Gasteiger partial charge is 0.243 e. The number of halogens is 1. The van der Waals surface area contributed by atoms with Crippen LogP contribution in [-0.2, 0) is 10.0 Å². The van der Waals surface area contributed by atoms with Crippen LogP contribution >= 0.6 is 15.9 Å². The van der Waals surface area contributed by atoms with E-state index < -0.39 is 10.0 Å². The number of sulfonamides is 1. The quantitative estimate of drug-likeness (QED) is 0.813. The van der Waals surface area contributed by atoms with Crippen LogP contribution in [0.4, 0.5) is 0 Å². The van der Waals surface area contributed by atoms with Crippen molar-refractivity contribution in [1.29, 1.82) is 0 Å². The number of nitrogens with zero attached hydrogens (tertiary/aromatic N) is 1. The molecule has 0 amide bonds. The smallest absolute Gasteiger partial charge is 0.207 e. The first-order valence-corrected chi connectivity index (χ1v) is 9.53. The monoisotopic (exact) mass is 359 g/mol. The molecule has 0 bridgehead atoms. The zero-order valence-electron chi connectivity index (χ0n) is 11.9. The van der Waals surface area contributed by atoms with Crippen molar-refractivity contribution in [2.24, 2.45) is 5.92 Å². The Balaban J connectivity index is 2.14. The van der Waals surface area contributed by atoms with Crippen LogP contribution in [-0.4, -0.2) is 25.8 Å². The number of rotatable bonds is 4. The Morgan fingerprint density at radius 3 is 2.80 bits per heavy atom. The highest BCUT2D eigenvalue weighted by atomic mass is 79.9. The summed E-state index contributed by atoms with van der Waals surface area (Å²) < 4.78 is 27.8. The lowest BCUT2D eigenvalue weighted by molar-refractivity contribution is 0.400. The van der Waals surface area contributed by atoms with Gasteiger partial charge in [0.1, 0.15) is 0 Å². The van der Waals surface area contributed by atoms with Gasteiger partial charge < -0.3 is 0 Å². The van der Waals surface area contributed by atoms with E-state index in [9.17, 15) is 8.42 Å². The lowest BCUT2D eigenvalue weighted by Crippen LogP contribution is -2.32. The summed E-state index contributed by atoms with van der Waals surface area (Å²) in [6.07, 6.45) is 5.51. The molecule has 20 heavy (non-hydrogen) atoms. The fourth-order valence-electron chi connectivity index (χ4n) is 2.85. The summed E-state index contributed by atoms with van der Waals surface area (Å²) in [6.45, 7) is 3.50. The summed E-state index contributed by atoms with van der Waals surface area (Å²) in [5.41, 5.74) is 0. The van der Waals surface area contributed by atoms with E-state index in [4.69, 9.17) is 0 Å². The highest BCUT2D eigenvalue weighted by Gasteiger charge is 2.27. The molecule has 1 saturated heterocycles. The maximum Gasteiger partial charge on any atom is 0.243 e. The Morgan fingerprint density at radius 2 is 2.10 bits per heavy atom. The van der Waals surface area contributed by atoms with Crippen LogP contribution in [0.2, 0.25) is 0 Å². The number of hydrogen-bond acceptors (Lipinski definition) is 2. The normalized spacial score (nSPS) is 21.6. The van der Waals surface area contributed by atoms with Crippen LogP contribution in [0.5, 0.6) is 0 Å². The van der Waals surface area contributed by atoms with E-state index in [1.54, 1.807) is 22.5 Å². The highest BCUT2D eigenvalue weighted by Crippen LogP contribution is 2.26. The predicted octanol–water partition coefficient (Wildman–Crippen LogP) is 4.04. The van der Waals surface area contributed by atoms with Gasteiger partial charge in [-0.3, -0.25) is 0 Å². The molecule has 1 aliphatic rings. The molecule has 5 heteroatoms. The van der Waals surface area contributed by atoms with Gasteiger partial charge in [0, 0.05) is 17.6 Å². The molecule has 3 nitrogen and oxygen atoms in total. The fourth-order valence-corrected chi connectivity index (χ4v) is 4.94. The molecule has 0 radical (unpaired) electrons. The molecule has 1 aliphatic heterocycles. The predicted molar refractivity (Wildman–Crippen MR) is 85.1 cm³/mol. The molecule has 0 aliphatic carbocycles. The van der Waals surface area contributed by atoms with Crippen molar-refractivity contribution in [1.82, 2.24) is 4.31 Å². The molecular formula is C15H22BrNO2S. The minimum absolute atomic E-state index is 0.390. The van der Waals surface area contributed by atoms with E-state index >= 15 is 0 Å². The second kappa shape index (κ2) is 7.05. The van der Waals surface area contributed by atoms with Gasteiger partial charge in [-0.2, -0.15) is 4.31 Å². The summed E-state index contributed by atoms with van der Waals surface area (Å²) >= 11 is 3.34. The first kappa shape index (κ1) is 16.0. The van der Waals surface area contributed by atoms with Gasteiger partial charge in [0.05, 0.1) is 4.90 Å². The van der Waals surface area contributed by atoms with Crippen molar-refractivity contribution < 1.29 is 8.42 Å². The maximum atomic E-state index is 12.7. The molecule has 0 N–H and O–H groups in total. The standard InChI is InChI=1S/C15H22BrNO2S/c1-2-5-13-6-4-10-17(11-9-13)20(18,19)15-8-3-7-14(16)12-15/h3,7-8,12-13H,2,4-6,9-11H2,1H3. The van der Waals surface area contributed by atoms with Crippen molar-refractivity contribution in [2.45, 2.75) is 43.9 Å². The van der Waals surface area contributed by atoms with E-state index in [0.717, 1.165) is 23.7 Å². The molecule has 112 valence electrons. The number of hydrogen-bond donors (Lipinski definition) is 0. The topological polar surface area (TPSA) is 37.4 Å². The fraction of sp³-hybridized carbons (Fsp3) is 0.600. The minimum Gasteiger partial charge on any atom is -0.207 e. The molecule has 0 spiro atoms. The van der Waals surface area contributed by atoms with Gasteiger partial charge in [-0.15, -0.1) is 0 Å². The van der Waals surface area contributed by atoms with Crippen molar-refractivity contribution in [3.63, 3.8) is 0 Å². The molecule has 0 aromatic heterocycles. The second-order valence-corrected chi connectivity index (χ2v) is 8.30. The van der Waals surface area contributed by atoms with Crippen molar-refractivity contribution in [3.05, 3.63) is 28.7 Å². The van der Waals surface area contributed by atoms with Gasteiger partial charge in [-0.05, 0) is 43.4 Å². The van der Waals surface area contributed by atoms with Crippen LogP contribution in [0.3, 0.4) is 0 Å². The molecule has 0 saturated carbocycles. The Kier molecular flexibility index (Phi) is 5.64. The van der Waals surface area contributed by atoms with Crippen LogP contribution in [0.1, 0.15) is 39.0 Å². The molecule has 1 aromatic carbocycles. The number of benzene rings is 1. The van der Waals surface area contributed by atoms with Gasteiger partial charge in [0.2, 0.25) is 10.0 Å². The van der Waals surface area contributed by atoms with E-state index in [1.165, 1.54) is 12.8 Å². The van der Waals surface area contributed by atoms with E-state index in [1.807, 2.05) is 6.07 Å². The first-order chi connectivity index (χ1) is 9.54. The van der Waals surface area contributed by atoms with Crippen LogP contribution < -0.4 is 0 Å². The second-order valence-electron chi connectivity index (χ2n) is 5.45. The lowest BCUT2D eigenvalue weighted by atomic mass is 9.96. The van der Waals surface area contributed by atoms with Crippen LogP contribution in [0.25, 0.3) is 0 Å². The summed E-state index contributed by atoms with van der Waals surface area (Å²) in [6, 6.07) is 6.98. The van der Waals surface area contributed by atoms with Gasteiger partial charge in [0.15, 0.2) is 0 Å². The van der Waals surface area contributed by atoms with Gasteiger partial charge in [0.25, 0.3) is 0 Å². The Hall–Kier alpha value is -0.390. The van der Waals surface area contributed by atoms with Crippen molar-refractivity contribution >= 4 is 26.0 Å². The Labute approximate surface area is 130 Å². The van der Waals surface area contributed by atoms with Gasteiger partial charge in [-0.25, -0.2) is 8.42 Å². The third-order valence-electron chi connectivity index (χ3n) is 3.94. The third-order valence-corrected chi connectivity index (χ3v) is 6.33. The van der Waals surface area contributed by atoms with Gasteiger partial charge >= 0.3 is 0 Å². The molecule has 1 unspecified atom stereocenters. The molecule has 1 atom stereocenters. The summed E-state index contributed by atoms with van der Waals surface area (Å²) in [4.78, 5) is 0.390. The third kappa shape index (κ3) is 3.83. The summed E-state index contributed by atoms with van der Waals surface area (Å²) in [7, 11) is -3.34. The molecule has 1 heterocycles. The minimum atomic E-state index is -3.34. The summed E-state index contributed by atoms with van der Waals surface area (Å²) in [5.74, 6) is 0.683. The summed E-state index contributed by atoms with van der Waals surface area (Å²) in [5, 5.41) is 0. The SMILES string of the molecule is CCCC1CCCN(S(=O)(=O)c2cccc(Br)c2)CC1. The molecule has 2 rings (SSSR count).